The Kier molecular flexibility index (Phi) is 4.16. The van der Waals surface area contributed by atoms with E-state index in [1.165, 1.54) is 43.6 Å². The third-order valence-corrected chi connectivity index (χ3v) is 4.49. The van der Waals surface area contributed by atoms with Crippen LogP contribution < -0.4 is 5.32 Å². The summed E-state index contributed by atoms with van der Waals surface area (Å²) in [6.45, 7) is 5.43. The van der Waals surface area contributed by atoms with Crippen molar-refractivity contribution in [2.45, 2.75) is 32.0 Å². The second kappa shape index (κ2) is 6.04. The summed E-state index contributed by atoms with van der Waals surface area (Å²) in [5.41, 5.74) is 2.75. The lowest BCUT2D eigenvalue weighted by Gasteiger charge is -2.24. The smallest absolute Gasteiger partial charge is 0.0716 e. The number of piperidine rings is 1. The van der Waals surface area contributed by atoms with Crippen molar-refractivity contribution in [1.82, 2.24) is 10.2 Å². The molecule has 1 aromatic carbocycles. The molecule has 0 bridgehead atoms. The Morgan fingerprint density at radius 1 is 1.26 bits per heavy atom. The topological polar surface area (TPSA) is 24.5 Å². The van der Waals surface area contributed by atoms with Gasteiger partial charge in [-0.15, -0.1) is 0 Å². The molecule has 2 fully saturated rings. The molecule has 2 saturated heterocycles. The minimum Gasteiger partial charge on any atom is -0.380 e. The molecule has 2 atom stereocenters. The molecule has 3 heteroatoms. The van der Waals surface area contributed by atoms with Crippen LogP contribution >= 0.6 is 0 Å². The Bertz CT molecular complexity index is 407. The van der Waals surface area contributed by atoms with Gasteiger partial charge < -0.3 is 10.1 Å². The summed E-state index contributed by atoms with van der Waals surface area (Å²) in [7, 11) is 1.77. The highest BCUT2D eigenvalue weighted by atomic mass is 16.5. The Morgan fingerprint density at radius 3 is 2.89 bits per heavy atom. The molecule has 3 rings (SSSR count). The molecule has 1 aromatic rings. The van der Waals surface area contributed by atoms with Crippen LogP contribution in [0.3, 0.4) is 0 Å². The molecular formula is C16H24N2O. The Balaban J connectivity index is 1.65. The van der Waals surface area contributed by atoms with E-state index in [2.05, 4.69) is 34.5 Å². The number of hydrogen-bond acceptors (Lipinski definition) is 3. The number of methoxy groups -OCH3 is 1. The van der Waals surface area contributed by atoms with E-state index in [-0.39, 0.29) is 0 Å². The van der Waals surface area contributed by atoms with E-state index in [4.69, 9.17) is 4.74 Å². The number of rotatable bonds is 4. The van der Waals surface area contributed by atoms with E-state index >= 15 is 0 Å². The normalized spacial score (nSPS) is 27.4. The average Bonchev–Trinajstić information content (AvgIpc) is 2.83. The maximum atomic E-state index is 5.30. The highest BCUT2D eigenvalue weighted by Crippen LogP contribution is 2.26. The van der Waals surface area contributed by atoms with Crippen LogP contribution in [0.2, 0.25) is 0 Å². The number of likely N-dealkylation sites (tertiary alicyclic amines) is 1. The van der Waals surface area contributed by atoms with E-state index < -0.39 is 0 Å². The standard InChI is InChI=1S/C16H24N2O/c1-19-12-15-6-3-2-5-13(15)9-18-10-14-7-4-8-17-16(14)11-18/h2-3,5-6,14,16-17H,4,7-12H2,1H3/t14-,16+/m0/s1. The molecule has 0 unspecified atom stereocenters. The van der Waals surface area contributed by atoms with Gasteiger partial charge in [0.15, 0.2) is 0 Å². The molecule has 3 nitrogen and oxygen atoms in total. The van der Waals surface area contributed by atoms with Crippen molar-refractivity contribution >= 4 is 0 Å². The van der Waals surface area contributed by atoms with E-state index in [0.29, 0.717) is 0 Å². The van der Waals surface area contributed by atoms with Gasteiger partial charge in [-0.05, 0) is 36.4 Å². The first-order valence-electron chi connectivity index (χ1n) is 7.38. The van der Waals surface area contributed by atoms with Gasteiger partial charge in [-0.3, -0.25) is 4.90 Å². The summed E-state index contributed by atoms with van der Waals surface area (Å²) in [6.07, 6.45) is 2.74. The molecule has 19 heavy (non-hydrogen) atoms. The van der Waals surface area contributed by atoms with Crippen LogP contribution in [0.25, 0.3) is 0 Å². The van der Waals surface area contributed by atoms with Crippen LogP contribution in [0.1, 0.15) is 24.0 Å². The first kappa shape index (κ1) is 13.1. The fraction of sp³-hybridized carbons (Fsp3) is 0.625. The first-order valence-corrected chi connectivity index (χ1v) is 7.38. The van der Waals surface area contributed by atoms with Crippen LogP contribution in [0.5, 0.6) is 0 Å². The molecular weight excluding hydrogens is 236 g/mol. The van der Waals surface area contributed by atoms with Crippen molar-refractivity contribution in [3.8, 4) is 0 Å². The van der Waals surface area contributed by atoms with Crippen LogP contribution in [0.15, 0.2) is 24.3 Å². The lowest BCUT2D eigenvalue weighted by Crippen LogP contribution is -2.40. The zero-order chi connectivity index (χ0) is 13.1. The van der Waals surface area contributed by atoms with Crippen molar-refractivity contribution in [3.63, 3.8) is 0 Å². The SMILES string of the molecule is COCc1ccccc1CN1C[C@@H]2CCCN[C@@H]2C1. The van der Waals surface area contributed by atoms with Gasteiger partial charge in [-0.2, -0.15) is 0 Å². The second-order valence-electron chi connectivity index (χ2n) is 5.86. The summed E-state index contributed by atoms with van der Waals surface area (Å²) >= 11 is 0. The van der Waals surface area contributed by atoms with Gasteiger partial charge in [0.1, 0.15) is 0 Å². The number of fused-ring (bicyclic) bond motifs is 1. The summed E-state index contributed by atoms with van der Waals surface area (Å²) in [6, 6.07) is 9.38. The van der Waals surface area contributed by atoms with Gasteiger partial charge in [-0.1, -0.05) is 24.3 Å². The molecule has 0 saturated carbocycles. The third-order valence-electron chi connectivity index (χ3n) is 4.49. The van der Waals surface area contributed by atoms with Gasteiger partial charge >= 0.3 is 0 Å². The molecule has 1 N–H and O–H groups in total. The van der Waals surface area contributed by atoms with E-state index in [9.17, 15) is 0 Å². The van der Waals surface area contributed by atoms with E-state index in [1.807, 2.05) is 0 Å². The molecule has 0 aromatic heterocycles. The largest absolute Gasteiger partial charge is 0.380 e. The van der Waals surface area contributed by atoms with Crippen molar-refractivity contribution in [2.24, 2.45) is 5.92 Å². The zero-order valence-electron chi connectivity index (χ0n) is 11.8. The third kappa shape index (κ3) is 2.99. The lowest BCUT2D eigenvalue weighted by atomic mass is 9.94. The van der Waals surface area contributed by atoms with Crippen molar-refractivity contribution in [3.05, 3.63) is 35.4 Å². The summed E-state index contributed by atoms with van der Waals surface area (Å²) in [4.78, 5) is 2.60. The first-order chi connectivity index (χ1) is 9.36. The Morgan fingerprint density at radius 2 is 2.11 bits per heavy atom. The van der Waals surface area contributed by atoms with Crippen molar-refractivity contribution < 1.29 is 4.74 Å². The molecule has 0 amide bonds. The summed E-state index contributed by atoms with van der Waals surface area (Å²) in [5, 5.41) is 3.67. The number of nitrogens with one attached hydrogen (secondary N) is 1. The molecule has 2 aliphatic rings. The number of nitrogens with zero attached hydrogens (tertiary/aromatic N) is 1. The highest BCUT2D eigenvalue weighted by Gasteiger charge is 2.34. The summed E-state index contributed by atoms with van der Waals surface area (Å²) in [5.74, 6) is 0.864. The fourth-order valence-corrected chi connectivity index (χ4v) is 3.51. The van der Waals surface area contributed by atoms with Gasteiger partial charge in [0.05, 0.1) is 6.61 Å². The van der Waals surface area contributed by atoms with Crippen LogP contribution in [0, 0.1) is 5.92 Å². The van der Waals surface area contributed by atoms with Gasteiger partial charge in [-0.25, -0.2) is 0 Å². The summed E-state index contributed by atoms with van der Waals surface area (Å²) < 4.78 is 5.30. The maximum absolute atomic E-state index is 5.30. The molecule has 2 aliphatic heterocycles. The van der Waals surface area contributed by atoms with Gasteiger partial charge in [0.25, 0.3) is 0 Å². The molecule has 2 heterocycles. The molecule has 0 radical (unpaired) electrons. The van der Waals surface area contributed by atoms with Crippen molar-refractivity contribution in [2.75, 3.05) is 26.7 Å². The monoisotopic (exact) mass is 260 g/mol. The number of hydrogen-bond donors (Lipinski definition) is 1. The Labute approximate surface area is 115 Å². The van der Waals surface area contributed by atoms with Crippen LogP contribution in [-0.4, -0.2) is 37.7 Å². The minimum atomic E-state index is 0.717. The lowest BCUT2D eigenvalue weighted by molar-refractivity contribution is 0.183. The van der Waals surface area contributed by atoms with Gasteiger partial charge in [0.2, 0.25) is 0 Å². The number of benzene rings is 1. The quantitative estimate of drug-likeness (QED) is 0.896. The number of ether oxygens (including phenoxy) is 1. The predicted molar refractivity (Wildman–Crippen MR) is 76.9 cm³/mol. The maximum Gasteiger partial charge on any atom is 0.0716 e. The average molecular weight is 260 g/mol. The molecule has 104 valence electrons. The minimum absolute atomic E-state index is 0.717. The highest BCUT2D eigenvalue weighted by molar-refractivity contribution is 5.26. The second-order valence-corrected chi connectivity index (χ2v) is 5.86. The molecule has 0 spiro atoms. The fourth-order valence-electron chi connectivity index (χ4n) is 3.51. The zero-order valence-corrected chi connectivity index (χ0v) is 11.8. The van der Waals surface area contributed by atoms with Crippen molar-refractivity contribution in [1.29, 1.82) is 0 Å². The van der Waals surface area contributed by atoms with Crippen LogP contribution in [0.4, 0.5) is 0 Å². The predicted octanol–water partition coefficient (Wildman–Crippen LogP) is 2.02. The van der Waals surface area contributed by atoms with Gasteiger partial charge in [0, 0.05) is 32.8 Å². The van der Waals surface area contributed by atoms with Crippen LogP contribution in [-0.2, 0) is 17.9 Å². The van der Waals surface area contributed by atoms with E-state index in [0.717, 1.165) is 25.1 Å². The molecule has 0 aliphatic carbocycles. The van der Waals surface area contributed by atoms with E-state index in [1.54, 1.807) is 7.11 Å². The Hall–Kier alpha value is -0.900.